The van der Waals surface area contributed by atoms with Crippen LogP contribution >= 0.6 is 15.9 Å². The van der Waals surface area contributed by atoms with Gasteiger partial charge >= 0.3 is 0 Å². The number of aliphatic imine (C=N–C) groups is 1. The summed E-state index contributed by atoms with van der Waals surface area (Å²) in [5.41, 5.74) is 9.24. The molecule has 3 nitrogen and oxygen atoms in total. The van der Waals surface area contributed by atoms with Gasteiger partial charge in [-0.15, -0.1) is 0 Å². The monoisotopic (exact) mass is 323 g/mol. The van der Waals surface area contributed by atoms with Crippen molar-refractivity contribution in [2.75, 3.05) is 7.05 Å². The second-order valence-corrected chi connectivity index (χ2v) is 5.27. The molecular formula is C14H15BrFN3. The van der Waals surface area contributed by atoms with E-state index in [1.807, 2.05) is 6.92 Å². The largest absolute Gasteiger partial charge is 0.397 e. The maximum Gasteiger partial charge on any atom is 0.129 e. The highest BCUT2D eigenvalue weighted by Crippen LogP contribution is 2.34. The van der Waals surface area contributed by atoms with Crippen LogP contribution in [0, 0.1) is 5.82 Å². The first-order valence-electron chi connectivity index (χ1n) is 5.80. The van der Waals surface area contributed by atoms with Gasteiger partial charge in [-0.05, 0) is 19.1 Å². The van der Waals surface area contributed by atoms with Crippen molar-refractivity contribution in [2.24, 2.45) is 10.7 Å². The second-order valence-electron chi connectivity index (χ2n) is 4.36. The molecule has 1 heterocycles. The Morgan fingerprint density at radius 2 is 2.21 bits per heavy atom. The van der Waals surface area contributed by atoms with E-state index in [4.69, 9.17) is 5.73 Å². The van der Waals surface area contributed by atoms with Gasteiger partial charge in [0.2, 0.25) is 0 Å². The van der Waals surface area contributed by atoms with Gasteiger partial charge in [-0.25, -0.2) is 4.39 Å². The van der Waals surface area contributed by atoms with Gasteiger partial charge < -0.3 is 11.1 Å². The van der Waals surface area contributed by atoms with Crippen molar-refractivity contribution >= 4 is 21.6 Å². The lowest BCUT2D eigenvalue weighted by atomic mass is 9.96. The number of hydrogen-bond donors (Lipinski definition) is 2. The summed E-state index contributed by atoms with van der Waals surface area (Å²) >= 11 is 3.25. The van der Waals surface area contributed by atoms with Gasteiger partial charge in [0.25, 0.3) is 0 Å². The summed E-state index contributed by atoms with van der Waals surface area (Å²) < 4.78 is 14.8. The molecule has 1 aromatic carbocycles. The fourth-order valence-electron chi connectivity index (χ4n) is 2.14. The summed E-state index contributed by atoms with van der Waals surface area (Å²) in [6.07, 6.45) is 0. The van der Waals surface area contributed by atoms with Crippen LogP contribution in [0.4, 0.5) is 4.39 Å². The molecule has 1 aliphatic heterocycles. The summed E-state index contributed by atoms with van der Waals surface area (Å²) in [7, 11) is 1.69. The van der Waals surface area contributed by atoms with Crippen molar-refractivity contribution in [3.05, 3.63) is 57.6 Å². The Balaban J connectivity index is 2.54. The molecule has 0 saturated carbocycles. The van der Waals surface area contributed by atoms with Gasteiger partial charge in [-0.2, -0.15) is 0 Å². The number of hydrogen-bond acceptors (Lipinski definition) is 3. The van der Waals surface area contributed by atoms with E-state index in [0.29, 0.717) is 21.4 Å². The smallest absolute Gasteiger partial charge is 0.129 e. The third-order valence-electron chi connectivity index (χ3n) is 3.22. The van der Waals surface area contributed by atoms with E-state index in [1.54, 1.807) is 19.2 Å². The van der Waals surface area contributed by atoms with Gasteiger partial charge in [0, 0.05) is 28.4 Å². The Morgan fingerprint density at radius 3 is 2.79 bits per heavy atom. The average Bonchev–Trinajstić information content (AvgIpc) is 2.65. The average molecular weight is 324 g/mol. The maximum atomic E-state index is 14.1. The number of nitrogens with one attached hydrogen (secondary N) is 1. The minimum Gasteiger partial charge on any atom is -0.397 e. The Morgan fingerprint density at radius 1 is 1.53 bits per heavy atom. The third-order valence-corrected chi connectivity index (χ3v) is 3.71. The SMILES string of the molecule is C=C1NC(c2ccc(Br)cc2F)C(C(C)=NC)=C1N. The van der Waals surface area contributed by atoms with E-state index in [0.717, 1.165) is 11.3 Å². The van der Waals surface area contributed by atoms with Crippen LogP contribution in [0.3, 0.4) is 0 Å². The Bertz CT molecular complexity index is 605. The van der Waals surface area contributed by atoms with Gasteiger partial charge in [0.05, 0.1) is 17.4 Å². The van der Waals surface area contributed by atoms with E-state index in [9.17, 15) is 4.39 Å². The zero-order valence-electron chi connectivity index (χ0n) is 10.8. The number of halogens is 2. The van der Waals surface area contributed by atoms with E-state index in [1.165, 1.54) is 6.07 Å². The van der Waals surface area contributed by atoms with Crippen molar-refractivity contribution in [3.63, 3.8) is 0 Å². The fraction of sp³-hybridized carbons (Fsp3) is 0.214. The first-order valence-corrected chi connectivity index (χ1v) is 6.59. The number of nitrogens with two attached hydrogens (primary N) is 1. The molecule has 1 unspecified atom stereocenters. The van der Waals surface area contributed by atoms with Crippen LogP contribution in [0.25, 0.3) is 0 Å². The molecule has 0 aromatic heterocycles. The summed E-state index contributed by atoms with van der Waals surface area (Å²) in [4.78, 5) is 4.14. The lowest BCUT2D eigenvalue weighted by molar-refractivity contribution is 0.587. The molecule has 19 heavy (non-hydrogen) atoms. The molecule has 1 aromatic rings. The molecule has 100 valence electrons. The van der Waals surface area contributed by atoms with Crippen molar-refractivity contribution in [1.82, 2.24) is 5.32 Å². The fourth-order valence-corrected chi connectivity index (χ4v) is 2.47. The Hall–Kier alpha value is -1.62. The first kappa shape index (κ1) is 13.8. The molecule has 1 atom stereocenters. The van der Waals surface area contributed by atoms with Crippen LogP contribution in [-0.4, -0.2) is 12.8 Å². The standard InChI is InChI=1S/C14H15BrFN3/c1-7(18-3)12-13(17)8(2)19-14(12)10-5-4-9(15)6-11(10)16/h4-6,14,19H,2,17H2,1,3H3. The van der Waals surface area contributed by atoms with E-state index < -0.39 is 0 Å². The molecule has 0 amide bonds. The second kappa shape index (κ2) is 5.17. The summed E-state index contributed by atoms with van der Waals surface area (Å²) in [6.45, 7) is 5.70. The number of nitrogens with zero attached hydrogens (tertiary/aromatic N) is 1. The minimum atomic E-state index is -0.343. The third kappa shape index (κ3) is 2.42. The summed E-state index contributed by atoms with van der Waals surface area (Å²) in [5, 5.41) is 3.12. The van der Waals surface area contributed by atoms with E-state index in [-0.39, 0.29) is 11.9 Å². The van der Waals surface area contributed by atoms with Crippen molar-refractivity contribution in [2.45, 2.75) is 13.0 Å². The van der Waals surface area contributed by atoms with E-state index in [2.05, 4.69) is 32.8 Å². The van der Waals surface area contributed by atoms with E-state index >= 15 is 0 Å². The van der Waals surface area contributed by atoms with Crippen molar-refractivity contribution in [1.29, 1.82) is 0 Å². The highest BCUT2D eigenvalue weighted by Gasteiger charge is 2.30. The number of benzene rings is 1. The van der Waals surface area contributed by atoms with Crippen LogP contribution in [0.1, 0.15) is 18.5 Å². The van der Waals surface area contributed by atoms with Crippen LogP contribution in [0.5, 0.6) is 0 Å². The highest BCUT2D eigenvalue weighted by atomic mass is 79.9. The molecule has 2 rings (SSSR count). The molecule has 1 aliphatic rings. The molecule has 0 aliphatic carbocycles. The highest BCUT2D eigenvalue weighted by molar-refractivity contribution is 9.10. The minimum absolute atomic E-state index is 0.296. The van der Waals surface area contributed by atoms with Crippen molar-refractivity contribution < 1.29 is 4.39 Å². The lowest BCUT2D eigenvalue weighted by Gasteiger charge is -2.17. The van der Waals surface area contributed by atoms with Gasteiger partial charge in [0.15, 0.2) is 0 Å². The van der Waals surface area contributed by atoms with Crippen LogP contribution in [0.2, 0.25) is 0 Å². The Labute approximate surface area is 120 Å². The predicted octanol–water partition coefficient (Wildman–Crippen LogP) is 3.05. The summed E-state index contributed by atoms with van der Waals surface area (Å²) in [6, 6.07) is 4.62. The predicted molar refractivity (Wildman–Crippen MR) is 79.4 cm³/mol. The molecular weight excluding hydrogens is 309 g/mol. The van der Waals surface area contributed by atoms with Crippen LogP contribution < -0.4 is 11.1 Å². The maximum absolute atomic E-state index is 14.1. The molecule has 0 spiro atoms. The first-order chi connectivity index (χ1) is 8.95. The normalized spacial score (nSPS) is 19.9. The summed E-state index contributed by atoms with van der Waals surface area (Å²) in [5.74, 6) is -0.296. The van der Waals surface area contributed by atoms with Gasteiger partial charge in [-0.1, -0.05) is 28.6 Å². The van der Waals surface area contributed by atoms with Gasteiger partial charge in [-0.3, -0.25) is 4.99 Å². The van der Waals surface area contributed by atoms with Crippen molar-refractivity contribution in [3.8, 4) is 0 Å². The molecule has 0 bridgehead atoms. The molecule has 0 fully saturated rings. The lowest BCUT2D eigenvalue weighted by Crippen LogP contribution is -2.19. The zero-order valence-corrected chi connectivity index (χ0v) is 12.4. The molecule has 0 saturated heterocycles. The molecule has 0 radical (unpaired) electrons. The molecule has 5 heteroatoms. The topological polar surface area (TPSA) is 50.4 Å². The van der Waals surface area contributed by atoms with Crippen LogP contribution in [-0.2, 0) is 0 Å². The van der Waals surface area contributed by atoms with Crippen LogP contribution in [0.15, 0.2) is 51.2 Å². The molecule has 3 N–H and O–H groups in total. The van der Waals surface area contributed by atoms with Gasteiger partial charge in [0.1, 0.15) is 5.82 Å². The Kier molecular flexibility index (Phi) is 3.75. The zero-order chi connectivity index (χ0) is 14.2. The number of rotatable bonds is 2. The quantitative estimate of drug-likeness (QED) is 0.822.